The van der Waals surface area contributed by atoms with Gasteiger partial charge in [0.05, 0.1) is 19.6 Å². The molecule has 0 aliphatic carbocycles. The van der Waals surface area contributed by atoms with E-state index >= 15 is 0 Å². The van der Waals surface area contributed by atoms with Crippen LogP contribution in [0.4, 0.5) is 0 Å². The highest BCUT2D eigenvalue weighted by atomic mass is 16.5. The summed E-state index contributed by atoms with van der Waals surface area (Å²) in [4.78, 5) is 37.7. The number of nitrogens with one attached hydrogen (secondary N) is 1. The molecule has 2 rings (SSSR count). The monoisotopic (exact) mass is 332 g/mol. The number of carbonyl (C=O) groups is 2. The smallest absolute Gasteiger partial charge is 0.334 e. The maximum Gasteiger partial charge on any atom is 0.334 e. The zero-order chi connectivity index (χ0) is 17.5. The van der Waals surface area contributed by atoms with Gasteiger partial charge in [-0.2, -0.15) is 0 Å². The van der Waals surface area contributed by atoms with Gasteiger partial charge in [0, 0.05) is 23.5 Å². The summed E-state index contributed by atoms with van der Waals surface area (Å²) < 4.78 is 9.86. The fourth-order valence-corrected chi connectivity index (χ4v) is 2.62. The molecule has 0 spiro atoms. The molecule has 1 atom stereocenters. The van der Waals surface area contributed by atoms with E-state index in [0.717, 1.165) is 22.0 Å². The second-order valence-electron chi connectivity index (χ2n) is 5.21. The molecule has 1 unspecified atom stereocenters. The van der Waals surface area contributed by atoms with Gasteiger partial charge < -0.3 is 14.5 Å². The van der Waals surface area contributed by atoms with Crippen LogP contribution in [-0.4, -0.2) is 36.2 Å². The molecule has 0 aliphatic heterocycles. The number of benzene rings is 1. The van der Waals surface area contributed by atoms with E-state index in [1.807, 2.05) is 18.2 Å². The SMILES string of the molecule is CCOC(=O)Cc1cccc2[nH]cc(CC(N=O)C(=O)OCC)c12. The normalized spacial score (nSPS) is 11.9. The predicted octanol–water partition coefficient (Wildman–Crippen LogP) is 2.51. The van der Waals surface area contributed by atoms with Crippen molar-refractivity contribution < 1.29 is 19.1 Å². The number of fused-ring (bicyclic) bond motifs is 1. The van der Waals surface area contributed by atoms with Crippen molar-refractivity contribution in [1.82, 2.24) is 4.98 Å². The molecular formula is C17H20N2O5. The molecule has 0 bridgehead atoms. The molecule has 2 aromatic rings. The Hall–Kier alpha value is -2.70. The van der Waals surface area contributed by atoms with Gasteiger partial charge in [0.1, 0.15) is 0 Å². The van der Waals surface area contributed by atoms with Crippen LogP contribution in [0.25, 0.3) is 10.9 Å². The van der Waals surface area contributed by atoms with Crippen LogP contribution in [0.2, 0.25) is 0 Å². The maximum absolute atomic E-state index is 11.8. The average Bonchev–Trinajstić information content (AvgIpc) is 2.97. The van der Waals surface area contributed by atoms with Gasteiger partial charge in [-0.05, 0) is 31.0 Å². The van der Waals surface area contributed by atoms with Crippen LogP contribution in [0.15, 0.2) is 29.6 Å². The molecule has 7 nitrogen and oxygen atoms in total. The lowest BCUT2D eigenvalue weighted by atomic mass is 9.99. The average molecular weight is 332 g/mol. The molecular weight excluding hydrogens is 312 g/mol. The van der Waals surface area contributed by atoms with E-state index in [9.17, 15) is 14.5 Å². The molecule has 1 aromatic carbocycles. The number of hydrogen-bond donors (Lipinski definition) is 1. The summed E-state index contributed by atoms with van der Waals surface area (Å²) in [7, 11) is 0. The van der Waals surface area contributed by atoms with Gasteiger partial charge in [0.2, 0.25) is 0 Å². The second-order valence-corrected chi connectivity index (χ2v) is 5.21. The lowest BCUT2D eigenvalue weighted by Crippen LogP contribution is -2.23. The Balaban J connectivity index is 2.32. The van der Waals surface area contributed by atoms with Gasteiger partial charge in [-0.25, -0.2) is 4.79 Å². The number of ether oxygens (including phenoxy) is 2. The molecule has 0 radical (unpaired) electrons. The van der Waals surface area contributed by atoms with Crippen LogP contribution in [0.3, 0.4) is 0 Å². The molecule has 1 N–H and O–H groups in total. The van der Waals surface area contributed by atoms with Crippen LogP contribution in [0.1, 0.15) is 25.0 Å². The molecule has 0 saturated carbocycles. The third kappa shape index (κ3) is 3.98. The second kappa shape index (κ2) is 8.24. The van der Waals surface area contributed by atoms with Gasteiger partial charge in [-0.3, -0.25) is 4.79 Å². The summed E-state index contributed by atoms with van der Waals surface area (Å²) in [6.45, 7) is 3.92. The topological polar surface area (TPSA) is 97.8 Å². The summed E-state index contributed by atoms with van der Waals surface area (Å²) in [5.41, 5.74) is 2.33. The highest BCUT2D eigenvalue weighted by molar-refractivity contribution is 5.90. The Morgan fingerprint density at radius 3 is 2.58 bits per heavy atom. The lowest BCUT2D eigenvalue weighted by molar-refractivity contribution is -0.144. The summed E-state index contributed by atoms with van der Waals surface area (Å²) >= 11 is 0. The van der Waals surface area contributed by atoms with Gasteiger partial charge >= 0.3 is 11.9 Å². The number of nitrogens with zero attached hydrogens (tertiary/aromatic N) is 1. The number of aromatic amines is 1. The van der Waals surface area contributed by atoms with Gasteiger partial charge in [0.15, 0.2) is 6.04 Å². The number of carbonyl (C=O) groups excluding carboxylic acids is 2. The molecule has 0 saturated heterocycles. The fourth-order valence-electron chi connectivity index (χ4n) is 2.62. The fraction of sp³-hybridized carbons (Fsp3) is 0.412. The Bertz CT molecular complexity index is 738. The third-order valence-electron chi connectivity index (χ3n) is 3.61. The van der Waals surface area contributed by atoms with Gasteiger partial charge in [0.25, 0.3) is 0 Å². The number of aromatic nitrogens is 1. The van der Waals surface area contributed by atoms with Crippen molar-refractivity contribution in [2.24, 2.45) is 5.18 Å². The van der Waals surface area contributed by atoms with Gasteiger partial charge in [-0.15, -0.1) is 4.91 Å². The number of rotatable bonds is 8. The minimum atomic E-state index is -1.11. The van der Waals surface area contributed by atoms with E-state index in [4.69, 9.17) is 9.47 Å². The van der Waals surface area contributed by atoms with E-state index < -0.39 is 12.0 Å². The van der Waals surface area contributed by atoms with Crippen molar-refractivity contribution in [3.05, 3.63) is 40.4 Å². The van der Waals surface area contributed by atoms with Crippen molar-refractivity contribution in [1.29, 1.82) is 0 Å². The van der Waals surface area contributed by atoms with Crippen LogP contribution < -0.4 is 0 Å². The quantitative estimate of drug-likeness (QED) is 0.591. The van der Waals surface area contributed by atoms with Crippen molar-refractivity contribution >= 4 is 22.8 Å². The highest BCUT2D eigenvalue weighted by Gasteiger charge is 2.23. The number of hydrogen-bond acceptors (Lipinski definition) is 6. The Morgan fingerprint density at radius 1 is 1.17 bits per heavy atom. The minimum Gasteiger partial charge on any atom is -0.466 e. The van der Waals surface area contributed by atoms with Crippen LogP contribution in [-0.2, 0) is 31.9 Å². The van der Waals surface area contributed by atoms with Crippen LogP contribution >= 0.6 is 0 Å². The zero-order valence-electron chi connectivity index (χ0n) is 13.7. The number of esters is 2. The molecule has 24 heavy (non-hydrogen) atoms. The molecule has 128 valence electrons. The molecule has 0 fully saturated rings. The largest absolute Gasteiger partial charge is 0.466 e. The first-order valence-corrected chi connectivity index (χ1v) is 7.83. The first-order valence-electron chi connectivity index (χ1n) is 7.83. The van der Waals surface area contributed by atoms with Crippen LogP contribution in [0.5, 0.6) is 0 Å². The molecule has 7 heteroatoms. The van der Waals surface area contributed by atoms with E-state index in [0.29, 0.717) is 6.61 Å². The first kappa shape index (κ1) is 17.7. The number of nitroso groups, excluding NO2 is 1. The first-order chi connectivity index (χ1) is 11.6. The standard InChI is InChI=1S/C17H20N2O5/c1-3-23-15(20)9-11-6-5-7-13-16(11)12(10-18-13)8-14(19-22)17(21)24-4-2/h5-7,10,14,18H,3-4,8-9H2,1-2H3. The Morgan fingerprint density at radius 2 is 1.92 bits per heavy atom. The van der Waals surface area contributed by atoms with Crippen LogP contribution in [0, 0.1) is 4.91 Å². The van der Waals surface area contributed by atoms with E-state index in [1.54, 1.807) is 20.0 Å². The highest BCUT2D eigenvalue weighted by Crippen LogP contribution is 2.25. The summed E-state index contributed by atoms with van der Waals surface area (Å²) in [5.74, 6) is -0.975. The lowest BCUT2D eigenvalue weighted by Gasteiger charge is -2.09. The molecule has 1 heterocycles. The number of H-pyrrole nitrogens is 1. The van der Waals surface area contributed by atoms with Gasteiger partial charge in [-0.1, -0.05) is 17.3 Å². The zero-order valence-corrected chi connectivity index (χ0v) is 13.7. The van der Waals surface area contributed by atoms with Crippen molar-refractivity contribution in [3.8, 4) is 0 Å². The van der Waals surface area contributed by atoms with Crippen molar-refractivity contribution in [3.63, 3.8) is 0 Å². The molecule has 1 aromatic heterocycles. The maximum atomic E-state index is 11.8. The predicted molar refractivity (Wildman–Crippen MR) is 88.6 cm³/mol. The van der Waals surface area contributed by atoms with E-state index in [2.05, 4.69) is 10.2 Å². The molecule has 0 amide bonds. The Kier molecular flexibility index (Phi) is 6.06. The summed E-state index contributed by atoms with van der Waals surface area (Å²) in [6.07, 6.45) is 1.95. The third-order valence-corrected chi connectivity index (χ3v) is 3.61. The van der Waals surface area contributed by atoms with E-state index in [1.165, 1.54) is 0 Å². The Labute approximate surface area is 139 Å². The van der Waals surface area contributed by atoms with Crippen molar-refractivity contribution in [2.45, 2.75) is 32.7 Å². The summed E-state index contributed by atoms with van der Waals surface area (Å²) in [5, 5.41) is 3.69. The van der Waals surface area contributed by atoms with Crippen molar-refractivity contribution in [2.75, 3.05) is 13.2 Å². The minimum absolute atomic E-state index is 0.113. The van der Waals surface area contributed by atoms with E-state index in [-0.39, 0.29) is 25.4 Å². The molecule has 0 aliphatic rings. The summed E-state index contributed by atoms with van der Waals surface area (Å²) in [6, 6.07) is 4.41.